The molecule has 1 aromatic carbocycles. The molecule has 0 N–H and O–H groups in total. The fraction of sp³-hybridized carbons (Fsp3) is 0.667. The molecule has 0 spiro atoms. The fourth-order valence-corrected chi connectivity index (χ4v) is 6.95. The number of nitrogens with zero attached hydrogens (tertiary/aromatic N) is 2. The first kappa shape index (κ1) is 18.2. The molecule has 1 aromatic rings. The van der Waals surface area contributed by atoms with Crippen LogP contribution in [0, 0.1) is 30.1 Å². The maximum atomic E-state index is 13.5. The van der Waals surface area contributed by atoms with Crippen molar-refractivity contribution in [3.05, 3.63) is 35.4 Å². The van der Waals surface area contributed by atoms with E-state index >= 15 is 0 Å². The molecule has 0 radical (unpaired) electrons. The van der Waals surface area contributed by atoms with Gasteiger partial charge in [0.1, 0.15) is 0 Å². The number of piperazine rings is 1. The molecule has 1 heterocycles. The molecule has 2 amide bonds. The lowest BCUT2D eigenvalue weighted by atomic mass is 9.49. The largest absolute Gasteiger partial charge is 0.339 e. The second-order valence-electron chi connectivity index (χ2n) is 9.97. The van der Waals surface area contributed by atoms with Gasteiger partial charge in [0.2, 0.25) is 11.8 Å². The summed E-state index contributed by atoms with van der Waals surface area (Å²) >= 11 is 0. The third-order valence-electron chi connectivity index (χ3n) is 8.01. The van der Waals surface area contributed by atoms with Gasteiger partial charge in [-0.3, -0.25) is 9.59 Å². The van der Waals surface area contributed by atoms with E-state index in [9.17, 15) is 9.59 Å². The number of hydrogen-bond donors (Lipinski definition) is 0. The van der Waals surface area contributed by atoms with E-state index in [1.807, 2.05) is 23.1 Å². The van der Waals surface area contributed by atoms with Crippen LogP contribution in [-0.4, -0.2) is 47.8 Å². The molecule has 1 aliphatic heterocycles. The van der Waals surface area contributed by atoms with Crippen molar-refractivity contribution >= 4 is 11.8 Å². The highest BCUT2D eigenvalue weighted by molar-refractivity contribution is 5.84. The minimum Gasteiger partial charge on any atom is -0.339 e. The van der Waals surface area contributed by atoms with Crippen LogP contribution in [0.4, 0.5) is 0 Å². The standard InChI is InChI=1S/C24H32N2O2/c1-17-4-2-3-5-21(17)13-22(27)25-6-8-26(9-7-25)23(28)24-14-18-10-19(15-24)12-20(11-18)16-24/h2-5,18-20H,6-16H2,1H3. The van der Waals surface area contributed by atoms with Crippen LogP contribution in [-0.2, 0) is 16.0 Å². The van der Waals surface area contributed by atoms with Gasteiger partial charge in [0.15, 0.2) is 0 Å². The molecule has 6 rings (SSSR count). The summed E-state index contributed by atoms with van der Waals surface area (Å²) in [4.78, 5) is 30.3. The molecule has 4 aliphatic carbocycles. The number of carbonyl (C=O) groups excluding carboxylic acids is 2. The summed E-state index contributed by atoms with van der Waals surface area (Å²) in [6.45, 7) is 4.84. The monoisotopic (exact) mass is 380 g/mol. The van der Waals surface area contributed by atoms with E-state index in [-0.39, 0.29) is 11.3 Å². The van der Waals surface area contributed by atoms with Gasteiger partial charge < -0.3 is 9.80 Å². The summed E-state index contributed by atoms with van der Waals surface area (Å²) in [6.07, 6.45) is 7.96. The lowest BCUT2D eigenvalue weighted by molar-refractivity contribution is -0.160. The molecular weight excluding hydrogens is 348 g/mol. The first-order valence-corrected chi connectivity index (χ1v) is 11.1. The summed E-state index contributed by atoms with van der Waals surface area (Å²) in [7, 11) is 0. The Bertz CT molecular complexity index is 743. The zero-order chi connectivity index (χ0) is 19.3. The van der Waals surface area contributed by atoms with E-state index in [0.717, 1.165) is 42.6 Å². The highest BCUT2D eigenvalue weighted by atomic mass is 16.2. The first-order valence-electron chi connectivity index (χ1n) is 11.1. The molecule has 28 heavy (non-hydrogen) atoms. The van der Waals surface area contributed by atoms with Crippen LogP contribution in [0.25, 0.3) is 0 Å². The van der Waals surface area contributed by atoms with E-state index < -0.39 is 0 Å². The first-order chi connectivity index (χ1) is 13.5. The van der Waals surface area contributed by atoms with Crippen molar-refractivity contribution in [2.75, 3.05) is 26.2 Å². The summed E-state index contributed by atoms with van der Waals surface area (Å²) in [5.41, 5.74) is 2.23. The number of amides is 2. The smallest absolute Gasteiger partial charge is 0.228 e. The number of rotatable bonds is 3. The van der Waals surface area contributed by atoms with Crippen molar-refractivity contribution in [1.29, 1.82) is 0 Å². The van der Waals surface area contributed by atoms with E-state index in [1.165, 1.54) is 24.8 Å². The minimum absolute atomic E-state index is 0.0535. The summed E-state index contributed by atoms with van der Waals surface area (Å²) in [5, 5.41) is 0. The fourth-order valence-electron chi connectivity index (χ4n) is 6.95. The molecule has 0 unspecified atom stereocenters. The van der Waals surface area contributed by atoms with Crippen molar-refractivity contribution in [3.8, 4) is 0 Å². The van der Waals surface area contributed by atoms with E-state index in [0.29, 0.717) is 38.5 Å². The molecule has 4 heteroatoms. The molecule has 0 aromatic heterocycles. The van der Waals surface area contributed by atoms with E-state index in [4.69, 9.17) is 0 Å². The van der Waals surface area contributed by atoms with Crippen molar-refractivity contribution in [1.82, 2.24) is 9.80 Å². The zero-order valence-corrected chi connectivity index (χ0v) is 17.0. The van der Waals surface area contributed by atoms with E-state index in [1.54, 1.807) is 0 Å². The average molecular weight is 381 g/mol. The maximum Gasteiger partial charge on any atom is 0.228 e. The zero-order valence-electron chi connectivity index (χ0n) is 17.0. The molecular formula is C24H32N2O2. The molecule has 0 atom stereocenters. The van der Waals surface area contributed by atoms with Gasteiger partial charge in [0.05, 0.1) is 11.8 Å². The number of hydrogen-bond acceptors (Lipinski definition) is 2. The second-order valence-corrected chi connectivity index (χ2v) is 9.97. The number of benzene rings is 1. The van der Waals surface area contributed by atoms with Gasteiger partial charge in [-0.25, -0.2) is 0 Å². The van der Waals surface area contributed by atoms with Gasteiger partial charge in [-0.15, -0.1) is 0 Å². The Morgan fingerprint density at radius 2 is 1.43 bits per heavy atom. The van der Waals surface area contributed by atoms with Crippen LogP contribution in [0.15, 0.2) is 24.3 Å². The Hall–Kier alpha value is -1.84. The molecule has 1 saturated heterocycles. The molecule has 5 fully saturated rings. The Morgan fingerprint density at radius 3 is 2.00 bits per heavy atom. The average Bonchev–Trinajstić information content (AvgIpc) is 2.68. The van der Waals surface area contributed by atoms with Gasteiger partial charge in [-0.2, -0.15) is 0 Å². The highest BCUT2D eigenvalue weighted by Gasteiger charge is 2.55. The summed E-state index contributed by atoms with van der Waals surface area (Å²) in [5.74, 6) is 3.00. The van der Waals surface area contributed by atoms with Crippen LogP contribution >= 0.6 is 0 Å². The second kappa shape index (κ2) is 6.89. The van der Waals surface area contributed by atoms with Crippen molar-refractivity contribution in [2.45, 2.75) is 51.9 Å². The third kappa shape index (κ3) is 3.15. The van der Waals surface area contributed by atoms with Gasteiger partial charge in [-0.05, 0) is 74.3 Å². The van der Waals surface area contributed by atoms with Crippen molar-refractivity contribution in [3.63, 3.8) is 0 Å². The maximum absolute atomic E-state index is 13.5. The van der Waals surface area contributed by atoms with Crippen molar-refractivity contribution < 1.29 is 9.59 Å². The van der Waals surface area contributed by atoms with Crippen LogP contribution in [0.1, 0.15) is 49.7 Å². The van der Waals surface area contributed by atoms with Gasteiger partial charge in [0.25, 0.3) is 0 Å². The Balaban J connectivity index is 1.20. The van der Waals surface area contributed by atoms with Crippen LogP contribution in [0.2, 0.25) is 0 Å². The SMILES string of the molecule is Cc1ccccc1CC(=O)N1CCN(C(=O)C23CC4CC(CC(C4)C2)C3)CC1. The van der Waals surface area contributed by atoms with Crippen LogP contribution in [0.5, 0.6) is 0 Å². The van der Waals surface area contributed by atoms with Gasteiger partial charge in [-0.1, -0.05) is 24.3 Å². The Morgan fingerprint density at radius 1 is 0.893 bits per heavy atom. The third-order valence-corrected chi connectivity index (χ3v) is 8.01. The topological polar surface area (TPSA) is 40.6 Å². The highest BCUT2D eigenvalue weighted by Crippen LogP contribution is 2.60. The summed E-state index contributed by atoms with van der Waals surface area (Å²) < 4.78 is 0. The number of aryl methyl sites for hydroxylation is 1. The molecule has 4 nitrogen and oxygen atoms in total. The van der Waals surface area contributed by atoms with E-state index in [2.05, 4.69) is 17.9 Å². The molecule has 4 saturated carbocycles. The predicted molar refractivity (Wildman–Crippen MR) is 109 cm³/mol. The lowest BCUT2D eigenvalue weighted by Gasteiger charge is -2.57. The normalized spacial score (nSPS) is 34.0. The quantitative estimate of drug-likeness (QED) is 0.806. The number of carbonyl (C=O) groups is 2. The summed E-state index contributed by atoms with van der Waals surface area (Å²) in [6, 6.07) is 8.11. The van der Waals surface area contributed by atoms with Gasteiger partial charge in [0, 0.05) is 26.2 Å². The predicted octanol–water partition coefficient (Wildman–Crippen LogP) is 3.42. The van der Waals surface area contributed by atoms with Crippen LogP contribution in [0.3, 0.4) is 0 Å². The molecule has 4 bridgehead atoms. The molecule has 150 valence electrons. The minimum atomic E-state index is -0.0535. The molecule has 5 aliphatic rings. The Labute approximate surface area is 168 Å². The van der Waals surface area contributed by atoms with Crippen molar-refractivity contribution in [2.24, 2.45) is 23.2 Å². The lowest BCUT2D eigenvalue weighted by Crippen LogP contribution is -2.58. The van der Waals surface area contributed by atoms with Crippen LogP contribution < -0.4 is 0 Å². The van der Waals surface area contributed by atoms with Gasteiger partial charge >= 0.3 is 0 Å². The Kier molecular flexibility index (Phi) is 4.48.